The van der Waals surface area contributed by atoms with E-state index in [1.807, 2.05) is 32.0 Å². The smallest absolute Gasteiger partial charge is 0.325 e. The lowest BCUT2D eigenvalue weighted by molar-refractivity contribution is -0.113. The minimum Gasteiger partial charge on any atom is -0.325 e. The fraction of sp³-hybridized carbons (Fsp3) is 0.368. The highest BCUT2D eigenvalue weighted by Crippen LogP contribution is 2.23. The van der Waals surface area contributed by atoms with Gasteiger partial charge in [0.15, 0.2) is 16.3 Å². The van der Waals surface area contributed by atoms with Gasteiger partial charge in [-0.2, -0.15) is 0 Å². The molecule has 0 radical (unpaired) electrons. The molecule has 1 amide bonds. The summed E-state index contributed by atoms with van der Waals surface area (Å²) in [7, 11) is 4.71. The van der Waals surface area contributed by atoms with Crippen LogP contribution in [0.1, 0.15) is 18.1 Å². The summed E-state index contributed by atoms with van der Waals surface area (Å²) in [5.41, 5.74) is 2.74. The second-order valence-corrected chi connectivity index (χ2v) is 7.57. The average Bonchev–Trinajstić information content (AvgIpc) is 3.01. The van der Waals surface area contributed by atoms with Crippen LogP contribution in [-0.4, -0.2) is 30.3 Å². The summed E-state index contributed by atoms with van der Waals surface area (Å²) in [5, 5.41) is 3.48. The third kappa shape index (κ3) is 3.37. The number of anilines is 1. The molecule has 3 aromatic rings. The molecule has 0 atom stereocenters. The molecule has 0 unspecified atom stereocenters. The third-order valence-electron chi connectivity index (χ3n) is 4.77. The van der Waals surface area contributed by atoms with Crippen LogP contribution in [-0.2, 0) is 32.4 Å². The van der Waals surface area contributed by atoms with Crippen molar-refractivity contribution < 1.29 is 4.79 Å². The zero-order valence-corrected chi connectivity index (χ0v) is 17.4. The number of imidazole rings is 1. The van der Waals surface area contributed by atoms with Crippen LogP contribution in [0.25, 0.3) is 11.2 Å². The van der Waals surface area contributed by atoms with E-state index in [4.69, 9.17) is 0 Å². The van der Waals surface area contributed by atoms with Crippen LogP contribution in [0.3, 0.4) is 0 Å². The van der Waals surface area contributed by atoms with Crippen molar-refractivity contribution in [2.24, 2.45) is 21.1 Å². The number of carbonyl (C=O) groups is 1. The van der Waals surface area contributed by atoms with E-state index in [1.165, 1.54) is 23.4 Å². The number of benzene rings is 1. The van der Waals surface area contributed by atoms with Crippen molar-refractivity contribution in [2.45, 2.75) is 25.4 Å². The van der Waals surface area contributed by atoms with Crippen LogP contribution >= 0.6 is 11.8 Å². The lowest BCUT2D eigenvalue weighted by atomic mass is 10.1. The van der Waals surface area contributed by atoms with Crippen LogP contribution in [0.5, 0.6) is 0 Å². The van der Waals surface area contributed by atoms with Gasteiger partial charge in [0.2, 0.25) is 5.91 Å². The molecule has 3 rings (SSSR count). The molecule has 0 saturated carbocycles. The molecule has 0 aliphatic carbocycles. The molecule has 0 aliphatic heterocycles. The largest absolute Gasteiger partial charge is 0.332 e. The molecule has 9 heteroatoms. The summed E-state index contributed by atoms with van der Waals surface area (Å²) < 4.78 is 4.01. The van der Waals surface area contributed by atoms with Crippen LogP contribution < -0.4 is 16.6 Å². The molecule has 0 spiro atoms. The lowest BCUT2D eigenvalue weighted by Crippen LogP contribution is -2.37. The highest BCUT2D eigenvalue weighted by Gasteiger charge is 2.18. The van der Waals surface area contributed by atoms with E-state index in [9.17, 15) is 14.4 Å². The second kappa shape index (κ2) is 7.67. The Morgan fingerprint density at radius 3 is 2.54 bits per heavy atom. The molecular weight excluding hydrogens is 378 g/mol. The maximum Gasteiger partial charge on any atom is 0.332 e. The first-order chi connectivity index (χ1) is 13.3. The van der Waals surface area contributed by atoms with Gasteiger partial charge in [-0.25, -0.2) is 9.78 Å². The SMILES string of the molecule is CCc1cccc(C)c1NC(=O)CSc1nc2c(c(=O)n(C)c(=O)n2C)n1C. The number of amides is 1. The minimum atomic E-state index is -0.434. The summed E-state index contributed by atoms with van der Waals surface area (Å²) in [4.78, 5) is 41.4. The maximum atomic E-state index is 12.5. The fourth-order valence-corrected chi connectivity index (χ4v) is 3.90. The molecule has 0 saturated heterocycles. The molecule has 148 valence electrons. The summed E-state index contributed by atoms with van der Waals surface area (Å²) in [6.07, 6.45) is 0.826. The summed E-state index contributed by atoms with van der Waals surface area (Å²) in [6, 6.07) is 5.93. The highest BCUT2D eigenvalue weighted by atomic mass is 32.2. The molecule has 2 aromatic heterocycles. The van der Waals surface area contributed by atoms with Crippen LogP contribution in [0.2, 0.25) is 0 Å². The van der Waals surface area contributed by atoms with E-state index in [0.717, 1.165) is 27.8 Å². The quantitative estimate of drug-likeness (QED) is 0.656. The first-order valence-electron chi connectivity index (χ1n) is 8.89. The fourth-order valence-electron chi connectivity index (χ4n) is 3.14. The Balaban J connectivity index is 1.85. The predicted octanol–water partition coefficient (Wildman–Crippen LogP) is 1.57. The number of thioether (sulfide) groups is 1. The van der Waals surface area contributed by atoms with Gasteiger partial charge >= 0.3 is 5.69 Å². The Morgan fingerprint density at radius 1 is 1.14 bits per heavy atom. The van der Waals surface area contributed by atoms with Crippen molar-refractivity contribution in [3.8, 4) is 0 Å². The molecule has 2 heterocycles. The number of nitrogens with zero attached hydrogens (tertiary/aromatic N) is 4. The third-order valence-corrected chi connectivity index (χ3v) is 5.80. The van der Waals surface area contributed by atoms with Crippen molar-refractivity contribution in [2.75, 3.05) is 11.1 Å². The Hall–Kier alpha value is -2.81. The number of para-hydroxylation sites is 1. The first-order valence-corrected chi connectivity index (χ1v) is 9.88. The highest BCUT2D eigenvalue weighted by molar-refractivity contribution is 7.99. The number of aryl methyl sites for hydroxylation is 4. The molecule has 8 nitrogen and oxygen atoms in total. The monoisotopic (exact) mass is 401 g/mol. The van der Waals surface area contributed by atoms with Crippen molar-refractivity contribution >= 4 is 34.5 Å². The number of hydrogen-bond acceptors (Lipinski definition) is 5. The first kappa shape index (κ1) is 19.9. The molecule has 28 heavy (non-hydrogen) atoms. The van der Waals surface area contributed by atoms with E-state index >= 15 is 0 Å². The Morgan fingerprint density at radius 2 is 1.86 bits per heavy atom. The summed E-state index contributed by atoms with van der Waals surface area (Å²) in [6.45, 7) is 4.01. The number of carbonyl (C=O) groups excluding carboxylic acids is 1. The van der Waals surface area contributed by atoms with Gasteiger partial charge in [0.05, 0.1) is 5.75 Å². The maximum absolute atomic E-state index is 12.5. The number of fused-ring (bicyclic) bond motifs is 1. The van der Waals surface area contributed by atoms with Crippen molar-refractivity contribution in [1.29, 1.82) is 0 Å². The second-order valence-electron chi connectivity index (χ2n) is 6.63. The van der Waals surface area contributed by atoms with Crippen molar-refractivity contribution in [3.05, 3.63) is 50.2 Å². The van der Waals surface area contributed by atoms with Gasteiger partial charge in [-0.05, 0) is 24.5 Å². The van der Waals surface area contributed by atoms with Crippen LogP contribution in [0, 0.1) is 6.92 Å². The van der Waals surface area contributed by atoms with Crippen LogP contribution in [0.15, 0.2) is 32.9 Å². The predicted molar refractivity (Wildman–Crippen MR) is 111 cm³/mol. The minimum absolute atomic E-state index is 0.142. The Labute approximate surface area is 166 Å². The van der Waals surface area contributed by atoms with Crippen molar-refractivity contribution in [1.82, 2.24) is 18.7 Å². The van der Waals surface area contributed by atoms with Gasteiger partial charge in [-0.1, -0.05) is 36.9 Å². The number of hydrogen-bond donors (Lipinski definition) is 1. The van der Waals surface area contributed by atoms with Crippen molar-refractivity contribution in [3.63, 3.8) is 0 Å². The van der Waals surface area contributed by atoms with E-state index in [2.05, 4.69) is 10.3 Å². The number of aromatic nitrogens is 4. The molecule has 0 bridgehead atoms. The topological polar surface area (TPSA) is 90.9 Å². The Bertz CT molecular complexity index is 1190. The average molecular weight is 401 g/mol. The zero-order valence-electron chi connectivity index (χ0n) is 16.6. The summed E-state index contributed by atoms with van der Waals surface area (Å²) >= 11 is 1.22. The number of nitrogens with one attached hydrogen (secondary N) is 1. The van der Waals surface area contributed by atoms with E-state index in [0.29, 0.717) is 16.3 Å². The zero-order chi connectivity index (χ0) is 20.6. The van der Waals surface area contributed by atoms with Crippen LogP contribution in [0.4, 0.5) is 5.69 Å². The molecule has 1 aromatic carbocycles. The van der Waals surface area contributed by atoms with Gasteiger partial charge in [-0.15, -0.1) is 0 Å². The van der Waals surface area contributed by atoms with Gasteiger partial charge in [0.1, 0.15) is 0 Å². The van der Waals surface area contributed by atoms with Gasteiger partial charge < -0.3 is 9.88 Å². The standard InChI is InChI=1S/C19H23N5O3S/c1-6-12-9-7-8-11(2)14(12)20-13(25)10-28-18-21-16-15(22(18)3)17(26)24(5)19(27)23(16)4/h7-9H,6,10H2,1-5H3,(H,20,25). The van der Waals surface area contributed by atoms with Gasteiger partial charge in [0, 0.05) is 26.8 Å². The molecule has 0 aliphatic rings. The van der Waals surface area contributed by atoms with E-state index in [1.54, 1.807) is 18.7 Å². The summed E-state index contributed by atoms with van der Waals surface area (Å²) in [5.74, 6) is -0.00836. The lowest BCUT2D eigenvalue weighted by Gasteiger charge is -2.12. The van der Waals surface area contributed by atoms with E-state index in [-0.39, 0.29) is 11.7 Å². The molecule has 0 fully saturated rings. The van der Waals surface area contributed by atoms with Gasteiger partial charge in [0.25, 0.3) is 5.56 Å². The Kier molecular flexibility index (Phi) is 5.46. The van der Waals surface area contributed by atoms with E-state index < -0.39 is 11.2 Å². The normalized spacial score (nSPS) is 11.2. The number of rotatable bonds is 5. The molecular formula is C19H23N5O3S. The molecule has 1 N–H and O–H groups in total. The van der Waals surface area contributed by atoms with Gasteiger partial charge in [-0.3, -0.25) is 18.7 Å².